The van der Waals surface area contributed by atoms with Crippen LogP contribution in [0.3, 0.4) is 0 Å². The Labute approximate surface area is 440 Å². The monoisotopic (exact) mass is 963 g/mol. The number of benzene rings is 11. The predicted molar refractivity (Wildman–Crippen MR) is 318 cm³/mol. The highest BCUT2D eigenvalue weighted by Crippen LogP contribution is 2.46. The molecule has 0 spiro atoms. The van der Waals surface area contributed by atoms with E-state index in [1.165, 1.54) is 104 Å². The van der Waals surface area contributed by atoms with Crippen LogP contribution in [0.1, 0.15) is 43.6 Å². The fourth-order valence-corrected chi connectivity index (χ4v) is 11.7. The van der Waals surface area contributed by atoms with Crippen molar-refractivity contribution in [2.75, 3.05) is 9.80 Å². The summed E-state index contributed by atoms with van der Waals surface area (Å²) in [5.74, 6) is 0.667. The number of hydrogen-bond acceptors (Lipinski definition) is 2. The van der Waals surface area contributed by atoms with Crippen molar-refractivity contribution < 1.29 is 0 Å². The third-order valence-electron chi connectivity index (χ3n) is 15.4. The van der Waals surface area contributed by atoms with Gasteiger partial charge in [-0.15, -0.1) is 0 Å². The SMILES string of the molecule is c1ccc(-c2cc(-c3ccc(N(c4ccccc4)c4ccc5c6ccccc6n(-c6ccccc6)c5c4)cc3)c(-c3ccccc3)cc2-c2ccc(N(c3ccccc3)c3ccc(C4CCCCC4)cc3)cc2)cc1. The van der Waals surface area contributed by atoms with Gasteiger partial charge in [0.2, 0.25) is 0 Å². The van der Waals surface area contributed by atoms with Crippen molar-refractivity contribution in [2.45, 2.75) is 38.0 Å². The molecule has 1 fully saturated rings. The first-order valence-electron chi connectivity index (χ1n) is 26.6. The van der Waals surface area contributed by atoms with Gasteiger partial charge in [0.05, 0.1) is 11.0 Å². The van der Waals surface area contributed by atoms with Crippen LogP contribution in [0.2, 0.25) is 0 Å². The summed E-state index contributed by atoms with van der Waals surface area (Å²) in [6.45, 7) is 0. The lowest BCUT2D eigenvalue weighted by atomic mass is 9.84. The van der Waals surface area contributed by atoms with Crippen molar-refractivity contribution >= 4 is 55.9 Å². The Bertz CT molecular complexity index is 3860. The molecule has 1 saturated carbocycles. The maximum Gasteiger partial charge on any atom is 0.0561 e. The third-order valence-corrected chi connectivity index (χ3v) is 15.4. The van der Waals surface area contributed by atoms with Crippen LogP contribution < -0.4 is 9.80 Å². The van der Waals surface area contributed by atoms with E-state index in [1.54, 1.807) is 0 Å². The van der Waals surface area contributed by atoms with Crippen molar-refractivity contribution in [3.8, 4) is 50.2 Å². The first-order chi connectivity index (χ1) is 37.2. The van der Waals surface area contributed by atoms with Crippen LogP contribution in [0.4, 0.5) is 34.1 Å². The zero-order valence-electron chi connectivity index (χ0n) is 42.0. The summed E-state index contributed by atoms with van der Waals surface area (Å²) in [6, 6.07) is 102. The van der Waals surface area contributed by atoms with Gasteiger partial charge in [-0.3, -0.25) is 0 Å². The van der Waals surface area contributed by atoms with Crippen LogP contribution in [0.15, 0.2) is 279 Å². The van der Waals surface area contributed by atoms with E-state index < -0.39 is 0 Å². The van der Waals surface area contributed by atoms with Crippen molar-refractivity contribution in [1.29, 1.82) is 0 Å². The molecule has 0 unspecified atom stereocenters. The van der Waals surface area contributed by atoms with Gasteiger partial charge in [-0.05, 0) is 172 Å². The van der Waals surface area contributed by atoms with Gasteiger partial charge in [-0.2, -0.15) is 0 Å². The lowest BCUT2D eigenvalue weighted by molar-refractivity contribution is 0.443. The Kier molecular flexibility index (Phi) is 12.4. The van der Waals surface area contributed by atoms with E-state index in [0.717, 1.165) is 39.7 Å². The first-order valence-corrected chi connectivity index (χ1v) is 26.6. The molecule has 75 heavy (non-hydrogen) atoms. The Morgan fingerprint density at radius 2 is 0.653 bits per heavy atom. The molecule has 3 heteroatoms. The molecule has 11 aromatic carbocycles. The number of para-hydroxylation sites is 4. The maximum absolute atomic E-state index is 2.42. The second-order valence-corrected chi connectivity index (χ2v) is 19.9. The summed E-state index contributed by atoms with van der Waals surface area (Å²) in [5, 5.41) is 2.47. The predicted octanol–water partition coefficient (Wildman–Crippen LogP) is 20.4. The lowest BCUT2D eigenvalue weighted by Crippen LogP contribution is -2.10. The van der Waals surface area contributed by atoms with E-state index in [4.69, 9.17) is 0 Å². The lowest BCUT2D eigenvalue weighted by Gasteiger charge is -2.27. The molecule has 0 aliphatic heterocycles. The van der Waals surface area contributed by atoms with E-state index in [9.17, 15) is 0 Å². The molecule has 1 heterocycles. The maximum atomic E-state index is 2.42. The zero-order valence-corrected chi connectivity index (χ0v) is 42.0. The second-order valence-electron chi connectivity index (χ2n) is 19.9. The highest BCUT2D eigenvalue weighted by molar-refractivity contribution is 6.10. The number of anilines is 6. The summed E-state index contributed by atoms with van der Waals surface area (Å²) >= 11 is 0. The van der Waals surface area contributed by atoms with E-state index >= 15 is 0 Å². The standard InChI is InChI=1S/C72H57N3/c1-7-21-52(22-8-1)53-35-41-61(42-36-53)73(58-27-13-4-14-28-58)62-43-37-56(38-44-62)69-50-68(55-25-11-3-12-26-55)70(51-67(69)54-23-9-2-10-24-54)57-39-45-63(46-40-57)74(59-29-15-5-16-30-59)64-47-48-66-65-33-19-20-34-71(65)75(72(66)49-64)60-31-17-6-18-32-60/h2-6,9-20,23-52H,1,7-8,21-22H2. The Morgan fingerprint density at radius 1 is 0.280 bits per heavy atom. The summed E-state index contributed by atoms with van der Waals surface area (Å²) in [4.78, 5) is 4.76. The zero-order chi connectivity index (χ0) is 49.9. The molecule has 3 nitrogen and oxygen atoms in total. The van der Waals surface area contributed by atoms with Gasteiger partial charge in [0, 0.05) is 50.6 Å². The van der Waals surface area contributed by atoms with Crippen molar-refractivity contribution in [3.05, 3.63) is 285 Å². The largest absolute Gasteiger partial charge is 0.311 e. The number of rotatable bonds is 12. The van der Waals surface area contributed by atoms with Crippen LogP contribution in [0.25, 0.3) is 72.0 Å². The van der Waals surface area contributed by atoms with Crippen molar-refractivity contribution in [3.63, 3.8) is 0 Å². The van der Waals surface area contributed by atoms with E-state index in [1.807, 2.05) is 0 Å². The molecule has 0 radical (unpaired) electrons. The Balaban J connectivity index is 0.909. The van der Waals surface area contributed by atoms with Crippen LogP contribution in [0, 0.1) is 0 Å². The Morgan fingerprint density at radius 3 is 1.16 bits per heavy atom. The molecule has 0 bridgehead atoms. The van der Waals surface area contributed by atoms with E-state index in [0.29, 0.717) is 5.92 Å². The minimum atomic E-state index is 0.667. The average Bonchev–Trinajstić information content (AvgIpc) is 3.83. The summed E-state index contributed by atoms with van der Waals surface area (Å²) in [6.07, 6.45) is 6.62. The smallest absolute Gasteiger partial charge is 0.0561 e. The number of nitrogens with zero attached hydrogens (tertiary/aromatic N) is 3. The van der Waals surface area contributed by atoms with Crippen molar-refractivity contribution in [1.82, 2.24) is 4.57 Å². The molecule has 1 aliphatic rings. The molecule has 0 N–H and O–H groups in total. The topological polar surface area (TPSA) is 11.4 Å². The molecule has 12 aromatic rings. The molecule has 360 valence electrons. The molecule has 0 amide bonds. The molecule has 1 aliphatic carbocycles. The molecule has 0 atom stereocenters. The number of hydrogen-bond donors (Lipinski definition) is 0. The minimum Gasteiger partial charge on any atom is -0.311 e. The van der Waals surface area contributed by atoms with Crippen LogP contribution in [-0.2, 0) is 0 Å². The molecule has 1 aromatic heterocycles. The molecule has 13 rings (SSSR count). The highest BCUT2D eigenvalue weighted by Gasteiger charge is 2.22. The van der Waals surface area contributed by atoms with Gasteiger partial charge >= 0.3 is 0 Å². The van der Waals surface area contributed by atoms with Gasteiger partial charge in [-0.1, -0.05) is 195 Å². The summed E-state index contributed by atoms with van der Waals surface area (Å²) in [5.41, 5.74) is 21.1. The number of aromatic nitrogens is 1. The summed E-state index contributed by atoms with van der Waals surface area (Å²) in [7, 11) is 0. The average molecular weight is 964 g/mol. The van der Waals surface area contributed by atoms with Crippen LogP contribution in [0.5, 0.6) is 0 Å². The fourth-order valence-electron chi connectivity index (χ4n) is 11.7. The summed E-state index contributed by atoms with van der Waals surface area (Å²) < 4.78 is 2.39. The Hall–Kier alpha value is -9.18. The second kappa shape index (κ2) is 20.4. The van der Waals surface area contributed by atoms with Gasteiger partial charge in [0.25, 0.3) is 0 Å². The van der Waals surface area contributed by atoms with Gasteiger partial charge in [0.15, 0.2) is 0 Å². The van der Waals surface area contributed by atoms with Gasteiger partial charge in [-0.25, -0.2) is 0 Å². The van der Waals surface area contributed by atoms with Crippen molar-refractivity contribution in [2.24, 2.45) is 0 Å². The highest BCUT2D eigenvalue weighted by atomic mass is 15.1. The molecular formula is C72H57N3. The van der Waals surface area contributed by atoms with Crippen LogP contribution in [-0.4, -0.2) is 4.57 Å². The van der Waals surface area contributed by atoms with E-state index in [-0.39, 0.29) is 0 Å². The fraction of sp³-hybridized carbons (Fsp3) is 0.0833. The van der Waals surface area contributed by atoms with E-state index in [2.05, 4.69) is 293 Å². The first kappa shape index (κ1) is 45.7. The number of fused-ring (bicyclic) bond motifs is 3. The molecule has 0 saturated heterocycles. The molecular weight excluding hydrogens is 907 g/mol. The van der Waals surface area contributed by atoms with Crippen LogP contribution >= 0.6 is 0 Å². The third kappa shape index (κ3) is 8.98. The quantitative estimate of drug-likeness (QED) is 0.121. The normalized spacial score (nSPS) is 12.7. The van der Waals surface area contributed by atoms with Gasteiger partial charge in [0.1, 0.15) is 0 Å². The van der Waals surface area contributed by atoms with Gasteiger partial charge < -0.3 is 14.4 Å². The minimum absolute atomic E-state index is 0.667.